The lowest BCUT2D eigenvalue weighted by Crippen LogP contribution is -2.31. The van der Waals surface area contributed by atoms with Gasteiger partial charge in [-0.1, -0.05) is 36.9 Å². The van der Waals surface area contributed by atoms with E-state index in [0.717, 1.165) is 41.6 Å². The SMILES string of the molecule is C=C(OC)C1CCCN1Cc1ccc(OC(=NC)c2cccc(-c3cccc(-c4nc5cc(CO)c(OC(F)F)cc5o4)c3C)c2C)cc1OC(F)F. The number of hydrogen-bond acceptors (Lipinski definition) is 9. The van der Waals surface area contributed by atoms with E-state index < -0.39 is 19.8 Å². The minimum absolute atomic E-state index is 0.00379. The molecule has 53 heavy (non-hydrogen) atoms. The maximum atomic E-state index is 13.6. The van der Waals surface area contributed by atoms with Crippen LogP contribution in [0.4, 0.5) is 17.6 Å². The molecule has 1 aliphatic rings. The number of aliphatic hydroxyl groups is 1. The van der Waals surface area contributed by atoms with E-state index in [-0.39, 0.29) is 46.2 Å². The van der Waals surface area contributed by atoms with E-state index in [2.05, 4.69) is 26.2 Å². The fraction of sp³-hybridized carbons (Fsp3) is 0.300. The number of ether oxygens (including phenoxy) is 4. The van der Waals surface area contributed by atoms with Crippen LogP contribution in [0.3, 0.4) is 0 Å². The second-order valence-corrected chi connectivity index (χ2v) is 12.5. The normalized spacial score (nSPS) is 15.1. The topological polar surface area (TPSA) is 98.8 Å². The highest BCUT2D eigenvalue weighted by molar-refractivity contribution is 5.99. The lowest BCUT2D eigenvalue weighted by Gasteiger charge is -2.26. The highest BCUT2D eigenvalue weighted by atomic mass is 19.3. The van der Waals surface area contributed by atoms with Gasteiger partial charge in [-0.05, 0) is 79.8 Å². The number of likely N-dealkylation sites (tertiary alicyclic amines) is 1. The molecule has 1 N–H and O–H groups in total. The summed E-state index contributed by atoms with van der Waals surface area (Å²) in [4.78, 5) is 11.1. The minimum atomic E-state index is -3.07. The molecular formula is C40H39F4N3O6. The quantitative estimate of drug-likeness (QED) is 0.0554. The Labute approximate surface area is 304 Å². The van der Waals surface area contributed by atoms with Crippen LogP contribution in [0.15, 0.2) is 88.5 Å². The van der Waals surface area contributed by atoms with Crippen molar-refractivity contribution in [2.24, 2.45) is 4.99 Å². The van der Waals surface area contributed by atoms with Crippen molar-refractivity contribution >= 4 is 17.0 Å². The molecule has 1 atom stereocenters. The molecule has 1 fully saturated rings. The Kier molecular flexibility index (Phi) is 11.3. The number of fused-ring (bicyclic) bond motifs is 1. The molecule has 278 valence electrons. The number of aliphatic imine (C=N–C) groups is 1. The van der Waals surface area contributed by atoms with Crippen molar-refractivity contribution in [2.45, 2.75) is 59.1 Å². The molecule has 0 amide bonds. The Morgan fingerprint density at radius 1 is 0.943 bits per heavy atom. The Hall–Kier alpha value is -5.40. The number of nitrogens with zero attached hydrogens (tertiary/aromatic N) is 3. The van der Waals surface area contributed by atoms with Gasteiger partial charge in [0, 0.05) is 48.0 Å². The van der Waals surface area contributed by atoms with Crippen LogP contribution in [0.5, 0.6) is 17.2 Å². The number of alkyl halides is 4. The summed E-state index contributed by atoms with van der Waals surface area (Å²) in [6.07, 6.45) is 1.80. The standard InChI is InChI=1S/C40H39F4N3O6/c1-22-28(29-10-7-12-31(23(29)2)38-46-32-17-26(21-48)35(53-40(43)44)19-36(32)51-38)9-6-11-30(22)37(45-4)50-27-15-14-25(34(18-27)52-39(41)42)20-47-16-8-13-33(47)24(3)49-5/h6-7,9-12,14-15,17-19,33,39-40,48H,3,8,13,16,20-21H2,1-2,4-5H3. The minimum Gasteiger partial charge on any atom is -0.500 e. The molecule has 1 saturated heterocycles. The molecule has 0 aliphatic carbocycles. The van der Waals surface area contributed by atoms with Gasteiger partial charge in [0.1, 0.15) is 28.5 Å². The van der Waals surface area contributed by atoms with Gasteiger partial charge in [0.05, 0.1) is 19.8 Å². The smallest absolute Gasteiger partial charge is 0.387 e. The van der Waals surface area contributed by atoms with E-state index in [0.29, 0.717) is 34.5 Å². The number of rotatable bonds is 13. The van der Waals surface area contributed by atoms with E-state index >= 15 is 0 Å². The molecule has 13 heteroatoms. The Bertz CT molecular complexity index is 2150. The van der Waals surface area contributed by atoms with E-state index in [1.165, 1.54) is 18.2 Å². The van der Waals surface area contributed by atoms with Crippen LogP contribution in [0.25, 0.3) is 33.7 Å². The van der Waals surface area contributed by atoms with Gasteiger partial charge in [-0.15, -0.1) is 0 Å². The maximum Gasteiger partial charge on any atom is 0.387 e. The first kappa shape index (κ1) is 37.4. The predicted molar refractivity (Wildman–Crippen MR) is 193 cm³/mol. The van der Waals surface area contributed by atoms with Crippen molar-refractivity contribution in [3.63, 3.8) is 0 Å². The summed E-state index contributed by atoms with van der Waals surface area (Å²) >= 11 is 0. The molecule has 1 aromatic heterocycles. The summed E-state index contributed by atoms with van der Waals surface area (Å²) in [7, 11) is 3.16. The maximum absolute atomic E-state index is 13.6. The fourth-order valence-corrected chi connectivity index (χ4v) is 6.76. The molecule has 9 nitrogen and oxygen atoms in total. The van der Waals surface area contributed by atoms with Gasteiger partial charge in [-0.2, -0.15) is 17.6 Å². The van der Waals surface area contributed by atoms with E-state index in [1.54, 1.807) is 26.3 Å². The van der Waals surface area contributed by atoms with Crippen LogP contribution < -0.4 is 14.2 Å². The average molecular weight is 734 g/mol. The number of hydrogen-bond donors (Lipinski definition) is 1. The molecule has 1 aliphatic heterocycles. The van der Waals surface area contributed by atoms with Gasteiger partial charge >= 0.3 is 13.2 Å². The van der Waals surface area contributed by atoms with Crippen LogP contribution in [0.2, 0.25) is 0 Å². The molecule has 0 radical (unpaired) electrons. The molecule has 0 bridgehead atoms. The lowest BCUT2D eigenvalue weighted by molar-refractivity contribution is -0.0515. The van der Waals surface area contributed by atoms with Gasteiger partial charge in [-0.25, -0.2) is 4.98 Å². The van der Waals surface area contributed by atoms with Gasteiger partial charge < -0.3 is 28.5 Å². The fourth-order valence-electron chi connectivity index (χ4n) is 6.76. The Morgan fingerprint density at radius 2 is 1.62 bits per heavy atom. The summed E-state index contributed by atoms with van der Waals surface area (Å²) in [6.45, 7) is 2.36. The monoisotopic (exact) mass is 733 g/mol. The number of methoxy groups -OCH3 is 1. The molecular weight excluding hydrogens is 694 g/mol. The van der Waals surface area contributed by atoms with Crippen molar-refractivity contribution < 1.29 is 46.0 Å². The predicted octanol–water partition coefficient (Wildman–Crippen LogP) is 9.05. The van der Waals surface area contributed by atoms with Crippen LogP contribution in [0, 0.1) is 13.8 Å². The second-order valence-electron chi connectivity index (χ2n) is 12.5. The molecule has 0 saturated carbocycles. The first-order valence-electron chi connectivity index (χ1n) is 16.9. The largest absolute Gasteiger partial charge is 0.500 e. The molecule has 2 heterocycles. The summed E-state index contributed by atoms with van der Waals surface area (Å²) in [6, 6.07) is 18.9. The molecule has 0 spiro atoms. The van der Waals surface area contributed by atoms with Crippen LogP contribution in [-0.2, 0) is 17.9 Å². The van der Waals surface area contributed by atoms with Crippen molar-refractivity contribution in [1.29, 1.82) is 0 Å². The van der Waals surface area contributed by atoms with Gasteiger partial charge in [0.15, 0.2) is 5.58 Å². The number of aromatic nitrogens is 1. The average Bonchev–Trinajstić information content (AvgIpc) is 3.77. The third-order valence-electron chi connectivity index (χ3n) is 9.42. The molecule has 1 unspecified atom stereocenters. The van der Waals surface area contributed by atoms with Crippen LogP contribution in [0.1, 0.15) is 40.7 Å². The first-order chi connectivity index (χ1) is 25.5. The second kappa shape index (κ2) is 16.1. The first-order valence-corrected chi connectivity index (χ1v) is 16.9. The number of oxazole rings is 1. The zero-order valence-electron chi connectivity index (χ0n) is 29.7. The lowest BCUT2D eigenvalue weighted by atomic mass is 9.91. The summed E-state index contributed by atoms with van der Waals surface area (Å²) < 4.78 is 80.3. The van der Waals surface area contributed by atoms with Crippen LogP contribution in [-0.4, -0.2) is 60.9 Å². The zero-order chi connectivity index (χ0) is 37.8. The van der Waals surface area contributed by atoms with Crippen molar-refractivity contribution in [2.75, 3.05) is 20.7 Å². The number of halogens is 4. The van der Waals surface area contributed by atoms with Gasteiger partial charge in [0.25, 0.3) is 0 Å². The summed E-state index contributed by atoms with van der Waals surface area (Å²) in [5.41, 5.74) is 6.09. The van der Waals surface area contributed by atoms with Crippen molar-refractivity contribution in [1.82, 2.24) is 9.88 Å². The van der Waals surface area contributed by atoms with E-state index in [4.69, 9.17) is 18.6 Å². The van der Waals surface area contributed by atoms with E-state index in [1.807, 2.05) is 50.2 Å². The third kappa shape index (κ3) is 8.01. The van der Waals surface area contributed by atoms with Crippen LogP contribution >= 0.6 is 0 Å². The highest BCUT2D eigenvalue weighted by Crippen LogP contribution is 2.38. The summed E-state index contributed by atoms with van der Waals surface area (Å²) in [5, 5.41) is 9.70. The van der Waals surface area contributed by atoms with Crippen molar-refractivity contribution in [3.8, 4) is 39.8 Å². The third-order valence-corrected chi connectivity index (χ3v) is 9.42. The number of aliphatic hydroxyl groups excluding tert-OH is 1. The Balaban J connectivity index is 1.29. The zero-order valence-corrected chi connectivity index (χ0v) is 29.7. The molecule has 5 aromatic rings. The van der Waals surface area contributed by atoms with Gasteiger partial charge in [-0.3, -0.25) is 9.89 Å². The van der Waals surface area contributed by atoms with Crippen molar-refractivity contribution in [3.05, 3.63) is 107 Å². The number of benzene rings is 4. The highest BCUT2D eigenvalue weighted by Gasteiger charge is 2.29. The molecule has 6 rings (SSSR count). The Morgan fingerprint density at radius 3 is 2.30 bits per heavy atom. The summed E-state index contributed by atoms with van der Waals surface area (Å²) in [5.74, 6) is 1.25. The molecule has 4 aromatic carbocycles. The van der Waals surface area contributed by atoms with Gasteiger partial charge in [0.2, 0.25) is 11.8 Å². The van der Waals surface area contributed by atoms with E-state index in [9.17, 15) is 22.7 Å².